The third-order valence-corrected chi connectivity index (χ3v) is 8.78. The number of carbonyl (C=O) groups is 2. The number of amides is 2. The van der Waals surface area contributed by atoms with E-state index in [1.807, 2.05) is 35.2 Å². The molecule has 4 bridgehead atoms. The summed E-state index contributed by atoms with van der Waals surface area (Å²) in [5.74, 6) is 2.33. The molecule has 5 aliphatic rings. The van der Waals surface area contributed by atoms with Gasteiger partial charge >= 0.3 is 0 Å². The number of pyridine rings is 1. The maximum absolute atomic E-state index is 13.8. The van der Waals surface area contributed by atoms with Gasteiger partial charge in [0.2, 0.25) is 11.8 Å². The van der Waals surface area contributed by atoms with Gasteiger partial charge in [0, 0.05) is 24.5 Å². The molecule has 2 heterocycles. The first kappa shape index (κ1) is 21.6. The van der Waals surface area contributed by atoms with Crippen molar-refractivity contribution in [1.29, 1.82) is 0 Å². The summed E-state index contributed by atoms with van der Waals surface area (Å²) in [7, 11) is 0. The van der Waals surface area contributed by atoms with Crippen LogP contribution in [0.2, 0.25) is 0 Å². The van der Waals surface area contributed by atoms with Gasteiger partial charge in [0.25, 0.3) is 5.56 Å². The van der Waals surface area contributed by atoms with Crippen LogP contribution in [0.4, 0.5) is 5.69 Å². The van der Waals surface area contributed by atoms with Crippen molar-refractivity contribution in [3.05, 3.63) is 64.6 Å². The van der Waals surface area contributed by atoms with Gasteiger partial charge < -0.3 is 14.8 Å². The van der Waals surface area contributed by atoms with Crippen molar-refractivity contribution >= 4 is 17.5 Å². The maximum atomic E-state index is 13.8. The third-order valence-electron chi connectivity index (χ3n) is 8.78. The van der Waals surface area contributed by atoms with Gasteiger partial charge in [-0.1, -0.05) is 18.2 Å². The van der Waals surface area contributed by atoms with Crippen molar-refractivity contribution < 1.29 is 9.59 Å². The van der Waals surface area contributed by atoms with Gasteiger partial charge in [-0.2, -0.15) is 0 Å². The van der Waals surface area contributed by atoms with E-state index < -0.39 is 0 Å². The molecule has 4 saturated carbocycles. The number of likely N-dealkylation sites (tertiary alicyclic amines) is 1. The zero-order valence-corrected chi connectivity index (χ0v) is 19.6. The van der Waals surface area contributed by atoms with Crippen LogP contribution in [0.3, 0.4) is 0 Å². The Hall–Kier alpha value is -2.89. The first-order chi connectivity index (χ1) is 16.5. The molecular weight excluding hydrogens is 426 g/mol. The first-order valence-electron chi connectivity index (χ1n) is 12.9. The summed E-state index contributed by atoms with van der Waals surface area (Å²) in [4.78, 5) is 40.9. The smallest absolute Gasteiger partial charge is 0.250 e. The molecule has 4 aliphatic carbocycles. The van der Waals surface area contributed by atoms with Gasteiger partial charge in [-0.3, -0.25) is 14.4 Å². The van der Waals surface area contributed by atoms with Crippen LogP contribution < -0.4 is 10.9 Å². The van der Waals surface area contributed by atoms with E-state index in [0.717, 1.165) is 61.1 Å². The number of benzene rings is 1. The molecule has 6 heteroatoms. The first-order valence-corrected chi connectivity index (χ1v) is 12.9. The topological polar surface area (TPSA) is 71.4 Å². The van der Waals surface area contributed by atoms with Gasteiger partial charge in [0.05, 0.1) is 12.0 Å². The molecule has 5 fully saturated rings. The lowest BCUT2D eigenvalue weighted by atomic mass is 9.49. The number of hydrogen-bond acceptors (Lipinski definition) is 3. The predicted molar refractivity (Wildman–Crippen MR) is 130 cm³/mol. The zero-order chi connectivity index (χ0) is 23.3. The zero-order valence-electron chi connectivity index (χ0n) is 19.6. The summed E-state index contributed by atoms with van der Waals surface area (Å²) in [6.45, 7) is 1.19. The van der Waals surface area contributed by atoms with Crippen LogP contribution in [0.25, 0.3) is 0 Å². The number of nitrogens with zero attached hydrogens (tertiary/aromatic N) is 2. The van der Waals surface area contributed by atoms with Crippen LogP contribution in [-0.2, 0) is 16.1 Å². The molecule has 1 N–H and O–H groups in total. The molecule has 2 aromatic rings. The van der Waals surface area contributed by atoms with E-state index in [0.29, 0.717) is 13.1 Å². The minimum atomic E-state index is -0.372. The van der Waals surface area contributed by atoms with Gasteiger partial charge in [-0.05, 0) is 92.9 Å². The molecular formula is C28H33N3O3. The van der Waals surface area contributed by atoms with Crippen molar-refractivity contribution in [2.24, 2.45) is 23.2 Å². The minimum Gasteiger partial charge on any atom is -0.330 e. The van der Waals surface area contributed by atoms with E-state index in [2.05, 4.69) is 5.32 Å². The van der Waals surface area contributed by atoms with Gasteiger partial charge in [-0.15, -0.1) is 0 Å². The predicted octanol–water partition coefficient (Wildman–Crippen LogP) is 4.04. The number of aromatic nitrogens is 1. The fourth-order valence-corrected chi connectivity index (χ4v) is 7.67. The Bertz CT molecular complexity index is 1120. The molecule has 0 spiro atoms. The summed E-state index contributed by atoms with van der Waals surface area (Å²) in [5.41, 5.74) is 1.48. The normalized spacial score (nSPS) is 31.6. The molecule has 178 valence electrons. The van der Waals surface area contributed by atoms with Crippen molar-refractivity contribution in [2.75, 3.05) is 11.9 Å². The summed E-state index contributed by atoms with van der Waals surface area (Å²) >= 11 is 0. The number of rotatable bonds is 5. The molecule has 1 aromatic carbocycles. The largest absolute Gasteiger partial charge is 0.330 e. The Balaban J connectivity index is 1.12. The van der Waals surface area contributed by atoms with Crippen molar-refractivity contribution in [2.45, 2.75) is 64.0 Å². The quantitative estimate of drug-likeness (QED) is 0.734. The Morgan fingerprint density at radius 3 is 2.26 bits per heavy atom. The monoisotopic (exact) mass is 459 g/mol. The van der Waals surface area contributed by atoms with E-state index in [-0.39, 0.29) is 28.8 Å². The van der Waals surface area contributed by atoms with Crippen LogP contribution >= 0.6 is 0 Å². The lowest BCUT2D eigenvalue weighted by Gasteiger charge is -2.56. The molecule has 1 saturated heterocycles. The highest BCUT2D eigenvalue weighted by Crippen LogP contribution is 2.60. The second-order valence-corrected chi connectivity index (χ2v) is 11.2. The second-order valence-electron chi connectivity index (χ2n) is 11.2. The summed E-state index contributed by atoms with van der Waals surface area (Å²) in [6, 6.07) is 12.4. The Morgan fingerprint density at radius 2 is 1.62 bits per heavy atom. The molecule has 7 rings (SSSR count). The van der Waals surface area contributed by atoms with Crippen molar-refractivity contribution in [1.82, 2.24) is 9.47 Å². The van der Waals surface area contributed by atoms with Crippen LogP contribution in [0, 0.1) is 23.2 Å². The summed E-state index contributed by atoms with van der Waals surface area (Å²) in [5, 5.41) is 3.04. The second kappa shape index (κ2) is 8.40. The number of anilines is 1. The fourth-order valence-electron chi connectivity index (χ4n) is 7.67. The highest BCUT2D eigenvalue weighted by molar-refractivity contribution is 5.98. The highest BCUT2D eigenvalue weighted by Gasteiger charge is 2.56. The molecule has 2 amide bonds. The maximum Gasteiger partial charge on any atom is 0.250 e. The summed E-state index contributed by atoms with van der Waals surface area (Å²) < 4.78 is 1.65. The van der Waals surface area contributed by atoms with Crippen LogP contribution in [0.5, 0.6) is 0 Å². The molecule has 1 atom stereocenters. The van der Waals surface area contributed by atoms with E-state index >= 15 is 0 Å². The molecule has 1 aliphatic heterocycles. The standard InChI is InChI=1S/C28H33N3O3/c32-25-5-1-2-10-30(25)18-19-6-8-23(9-7-19)29-26(33)24-4-3-11-31(24)27(34)28-15-20-12-21(16-28)14-22(13-20)17-28/h1-2,5-10,20-22,24H,3-4,11-18H2,(H,29,33)/t20?,21?,22?,24-,28?/m0/s1. The fraction of sp³-hybridized carbons (Fsp3) is 0.536. The average Bonchev–Trinajstić information content (AvgIpc) is 3.30. The molecule has 34 heavy (non-hydrogen) atoms. The van der Waals surface area contributed by atoms with Crippen LogP contribution in [0.15, 0.2) is 53.5 Å². The molecule has 1 aromatic heterocycles. The SMILES string of the molecule is O=C(Nc1ccc(Cn2ccccc2=O)cc1)[C@@H]1CCCN1C(=O)C12CC3CC(CC(C3)C1)C2. The van der Waals surface area contributed by atoms with E-state index in [4.69, 9.17) is 0 Å². The van der Waals surface area contributed by atoms with Crippen molar-refractivity contribution in [3.8, 4) is 0 Å². The van der Waals surface area contributed by atoms with E-state index in [1.54, 1.807) is 22.9 Å². The van der Waals surface area contributed by atoms with Gasteiger partial charge in [0.1, 0.15) is 6.04 Å². The Kier molecular flexibility index (Phi) is 5.34. The number of nitrogens with one attached hydrogen (secondary N) is 1. The average molecular weight is 460 g/mol. The number of carbonyl (C=O) groups excluding carboxylic acids is 2. The Morgan fingerprint density at radius 1 is 0.941 bits per heavy atom. The van der Waals surface area contributed by atoms with Gasteiger partial charge in [-0.25, -0.2) is 0 Å². The number of hydrogen-bond donors (Lipinski definition) is 1. The molecule has 0 unspecified atom stereocenters. The summed E-state index contributed by atoms with van der Waals surface area (Å²) in [6.07, 6.45) is 10.4. The molecule has 0 radical (unpaired) electrons. The minimum absolute atomic E-state index is 0.0371. The van der Waals surface area contributed by atoms with Crippen molar-refractivity contribution in [3.63, 3.8) is 0 Å². The lowest BCUT2D eigenvalue weighted by molar-refractivity contribution is -0.160. The van der Waals surface area contributed by atoms with Gasteiger partial charge in [0.15, 0.2) is 0 Å². The lowest BCUT2D eigenvalue weighted by Crippen LogP contribution is -2.56. The van der Waals surface area contributed by atoms with Crippen LogP contribution in [0.1, 0.15) is 56.9 Å². The Labute approximate surface area is 200 Å². The molecule has 6 nitrogen and oxygen atoms in total. The van der Waals surface area contributed by atoms with Crippen LogP contribution in [-0.4, -0.2) is 33.9 Å². The van der Waals surface area contributed by atoms with E-state index in [1.165, 1.54) is 19.3 Å². The van der Waals surface area contributed by atoms with E-state index in [9.17, 15) is 14.4 Å². The highest BCUT2D eigenvalue weighted by atomic mass is 16.2. The third kappa shape index (κ3) is 3.87.